The first-order chi connectivity index (χ1) is 13.7. The molecule has 0 atom stereocenters. The number of carbonyl (C=O) groups excluding carboxylic acids is 2. The van der Waals surface area contributed by atoms with E-state index in [0.29, 0.717) is 22.3 Å². The molecule has 28 heavy (non-hydrogen) atoms. The lowest BCUT2D eigenvalue weighted by Crippen LogP contribution is -2.24. The van der Waals surface area contributed by atoms with Crippen LogP contribution in [-0.4, -0.2) is 24.7 Å². The van der Waals surface area contributed by atoms with Gasteiger partial charge in [0.15, 0.2) is 11.6 Å². The van der Waals surface area contributed by atoms with Crippen LogP contribution in [0.25, 0.3) is 0 Å². The highest BCUT2D eigenvalue weighted by Crippen LogP contribution is 2.35. The lowest BCUT2D eigenvalue weighted by Gasteiger charge is -2.23. The van der Waals surface area contributed by atoms with Crippen LogP contribution in [-0.2, 0) is 0 Å². The van der Waals surface area contributed by atoms with Crippen LogP contribution in [0.1, 0.15) is 84.2 Å². The van der Waals surface area contributed by atoms with Crippen LogP contribution in [0.4, 0.5) is 11.4 Å². The van der Waals surface area contributed by atoms with Gasteiger partial charge in [-0.15, -0.1) is 0 Å². The highest BCUT2D eigenvalue weighted by molar-refractivity contribution is 6.31. The van der Waals surface area contributed by atoms with E-state index in [-0.39, 0.29) is 11.6 Å². The van der Waals surface area contributed by atoms with Gasteiger partial charge in [-0.2, -0.15) is 0 Å². The van der Waals surface area contributed by atoms with Crippen LogP contribution in [0.5, 0.6) is 0 Å². The highest BCUT2D eigenvalue weighted by atomic mass is 16.1. The number of hydrogen-bond donors (Lipinski definition) is 2. The molecule has 2 aromatic carbocycles. The third-order valence-electron chi connectivity index (χ3n) is 5.26. The Balaban J connectivity index is 1.90. The molecular weight excluding hydrogens is 348 g/mol. The van der Waals surface area contributed by atoms with Gasteiger partial charge in [-0.1, -0.05) is 63.8 Å². The Morgan fingerprint density at radius 1 is 0.643 bits per heavy atom. The Morgan fingerprint density at radius 2 is 1.07 bits per heavy atom. The van der Waals surface area contributed by atoms with Crippen molar-refractivity contribution in [3.63, 3.8) is 0 Å². The van der Waals surface area contributed by atoms with Crippen molar-refractivity contribution < 1.29 is 9.59 Å². The van der Waals surface area contributed by atoms with Gasteiger partial charge in [-0.3, -0.25) is 9.59 Å². The van der Waals surface area contributed by atoms with Crippen LogP contribution in [0, 0.1) is 0 Å². The molecular formula is C24H30N2O2. The van der Waals surface area contributed by atoms with Crippen LogP contribution in [0.2, 0.25) is 0 Å². The Kier molecular flexibility index (Phi) is 6.85. The van der Waals surface area contributed by atoms with Gasteiger partial charge in [0.25, 0.3) is 0 Å². The maximum atomic E-state index is 13.3. The fourth-order valence-corrected chi connectivity index (χ4v) is 3.73. The van der Waals surface area contributed by atoms with Gasteiger partial charge in [0.05, 0.1) is 11.1 Å². The molecule has 0 aliphatic heterocycles. The molecule has 0 saturated carbocycles. The molecule has 0 unspecified atom stereocenters. The first kappa shape index (κ1) is 20.1. The summed E-state index contributed by atoms with van der Waals surface area (Å²) in [4.78, 5) is 26.5. The second kappa shape index (κ2) is 9.54. The number of rotatable bonds is 10. The number of anilines is 2. The number of unbranched alkanes of at least 4 members (excludes halogenated alkanes) is 4. The lowest BCUT2D eigenvalue weighted by molar-refractivity contribution is 0.0980. The molecule has 2 aromatic rings. The van der Waals surface area contributed by atoms with Crippen molar-refractivity contribution >= 4 is 22.9 Å². The molecule has 0 saturated heterocycles. The van der Waals surface area contributed by atoms with Gasteiger partial charge in [0.1, 0.15) is 0 Å². The summed E-state index contributed by atoms with van der Waals surface area (Å²) < 4.78 is 0. The van der Waals surface area contributed by atoms with Crippen LogP contribution >= 0.6 is 0 Å². The molecule has 1 aliphatic carbocycles. The largest absolute Gasteiger partial charge is 0.384 e. The zero-order valence-corrected chi connectivity index (χ0v) is 16.9. The SMILES string of the molecule is CCCCCNc1cccc2c1C(=O)c1cccc(NCCCCC)c1C2=O. The summed E-state index contributed by atoms with van der Waals surface area (Å²) in [5.41, 5.74) is 3.55. The summed E-state index contributed by atoms with van der Waals surface area (Å²) in [5, 5.41) is 6.73. The van der Waals surface area contributed by atoms with Gasteiger partial charge < -0.3 is 10.6 Å². The summed E-state index contributed by atoms with van der Waals surface area (Å²) >= 11 is 0. The van der Waals surface area contributed by atoms with Gasteiger partial charge in [-0.25, -0.2) is 0 Å². The third kappa shape index (κ3) is 4.11. The molecule has 0 fully saturated rings. The van der Waals surface area contributed by atoms with Gasteiger partial charge >= 0.3 is 0 Å². The monoisotopic (exact) mass is 378 g/mol. The van der Waals surface area contributed by atoms with Crippen molar-refractivity contribution in [1.29, 1.82) is 0 Å². The quantitative estimate of drug-likeness (QED) is 0.447. The number of benzene rings is 2. The second-order valence-electron chi connectivity index (χ2n) is 7.38. The minimum atomic E-state index is -0.0691. The zero-order valence-electron chi connectivity index (χ0n) is 16.9. The molecule has 4 nitrogen and oxygen atoms in total. The Bertz CT molecular complexity index is 786. The number of carbonyl (C=O) groups is 2. The summed E-state index contributed by atoms with van der Waals surface area (Å²) in [5.74, 6) is -0.138. The molecule has 148 valence electrons. The maximum Gasteiger partial charge on any atom is 0.196 e. The van der Waals surface area contributed by atoms with Crippen molar-refractivity contribution in [2.75, 3.05) is 23.7 Å². The molecule has 3 rings (SSSR count). The van der Waals surface area contributed by atoms with Crippen LogP contribution in [0.15, 0.2) is 36.4 Å². The molecule has 0 radical (unpaired) electrons. The minimum Gasteiger partial charge on any atom is -0.384 e. The molecule has 2 N–H and O–H groups in total. The van der Waals surface area contributed by atoms with E-state index >= 15 is 0 Å². The van der Waals surface area contributed by atoms with Crippen molar-refractivity contribution in [1.82, 2.24) is 0 Å². The van der Waals surface area contributed by atoms with E-state index in [9.17, 15) is 9.59 Å². The average Bonchev–Trinajstić information content (AvgIpc) is 2.72. The molecule has 1 aliphatic rings. The normalized spacial score (nSPS) is 12.5. The molecule has 0 aromatic heterocycles. The van der Waals surface area contributed by atoms with Gasteiger partial charge in [-0.05, 0) is 25.0 Å². The first-order valence-corrected chi connectivity index (χ1v) is 10.5. The summed E-state index contributed by atoms with van der Waals surface area (Å²) in [7, 11) is 0. The average molecular weight is 379 g/mol. The predicted octanol–water partition coefficient (Wildman–Crippen LogP) is 5.67. The predicted molar refractivity (Wildman–Crippen MR) is 116 cm³/mol. The maximum absolute atomic E-state index is 13.3. The summed E-state index contributed by atoms with van der Waals surface area (Å²) in [6, 6.07) is 11.0. The highest BCUT2D eigenvalue weighted by Gasteiger charge is 2.33. The topological polar surface area (TPSA) is 58.2 Å². The fourth-order valence-electron chi connectivity index (χ4n) is 3.73. The number of ketones is 2. The molecule has 0 bridgehead atoms. The van der Waals surface area contributed by atoms with E-state index in [1.807, 2.05) is 24.3 Å². The number of fused-ring (bicyclic) bond motifs is 2. The Morgan fingerprint density at radius 3 is 1.46 bits per heavy atom. The first-order valence-electron chi connectivity index (χ1n) is 10.5. The fraction of sp³-hybridized carbons (Fsp3) is 0.417. The standard InChI is InChI=1S/C24H30N2O2/c1-3-5-7-15-25-19-13-9-11-17-21(19)23(27)18-12-10-14-20(22(18)24(17)28)26-16-8-6-4-2/h9-14,25-26H,3-8,15-16H2,1-2H3. The van der Waals surface area contributed by atoms with E-state index in [4.69, 9.17) is 0 Å². The van der Waals surface area contributed by atoms with Crippen molar-refractivity contribution in [3.8, 4) is 0 Å². The van der Waals surface area contributed by atoms with Crippen molar-refractivity contribution in [2.45, 2.75) is 52.4 Å². The second-order valence-corrected chi connectivity index (χ2v) is 7.38. The van der Waals surface area contributed by atoms with Crippen LogP contribution in [0.3, 0.4) is 0 Å². The van der Waals surface area contributed by atoms with E-state index in [1.54, 1.807) is 12.1 Å². The van der Waals surface area contributed by atoms with Gasteiger partial charge in [0, 0.05) is 35.6 Å². The zero-order chi connectivity index (χ0) is 19.9. The molecule has 0 amide bonds. The summed E-state index contributed by atoms with van der Waals surface area (Å²) in [6.45, 7) is 5.93. The Hall–Kier alpha value is -2.62. The van der Waals surface area contributed by atoms with E-state index in [0.717, 1.165) is 63.0 Å². The Labute approximate surface area is 167 Å². The smallest absolute Gasteiger partial charge is 0.196 e. The lowest BCUT2D eigenvalue weighted by atomic mass is 9.82. The number of hydrogen-bond acceptors (Lipinski definition) is 4. The van der Waals surface area contributed by atoms with Crippen LogP contribution < -0.4 is 10.6 Å². The van der Waals surface area contributed by atoms with Crippen molar-refractivity contribution in [2.24, 2.45) is 0 Å². The van der Waals surface area contributed by atoms with E-state index < -0.39 is 0 Å². The third-order valence-corrected chi connectivity index (χ3v) is 5.26. The number of nitrogens with one attached hydrogen (secondary N) is 2. The molecule has 0 spiro atoms. The summed E-state index contributed by atoms with van der Waals surface area (Å²) in [6.07, 6.45) is 6.67. The minimum absolute atomic E-state index is 0.0691. The van der Waals surface area contributed by atoms with E-state index in [2.05, 4.69) is 24.5 Å². The molecule has 4 heteroatoms. The van der Waals surface area contributed by atoms with Crippen molar-refractivity contribution in [3.05, 3.63) is 58.7 Å². The van der Waals surface area contributed by atoms with E-state index in [1.165, 1.54) is 0 Å². The molecule has 0 heterocycles. The van der Waals surface area contributed by atoms with Gasteiger partial charge in [0.2, 0.25) is 0 Å².